The lowest BCUT2D eigenvalue weighted by Crippen LogP contribution is -2.16. The zero-order valence-corrected chi connectivity index (χ0v) is 15.3. The summed E-state index contributed by atoms with van der Waals surface area (Å²) in [5.41, 5.74) is -0.225. The van der Waals surface area contributed by atoms with Crippen molar-refractivity contribution in [3.8, 4) is 11.8 Å². The van der Waals surface area contributed by atoms with E-state index in [9.17, 15) is 22.4 Å². The number of hydrogen-bond acceptors (Lipinski definition) is 3. The first-order valence-corrected chi connectivity index (χ1v) is 8.66. The molecule has 0 fully saturated rings. The van der Waals surface area contributed by atoms with E-state index in [1.54, 1.807) is 0 Å². The van der Waals surface area contributed by atoms with E-state index in [0.717, 1.165) is 12.1 Å². The quantitative estimate of drug-likeness (QED) is 0.557. The third kappa shape index (κ3) is 5.14. The average Bonchev–Trinajstić information content (AvgIpc) is 2.72. The first-order valence-electron chi connectivity index (χ1n) is 8.66. The molecule has 0 saturated heterocycles. The van der Waals surface area contributed by atoms with Gasteiger partial charge in [-0.05, 0) is 54.1 Å². The second-order valence-electron chi connectivity index (χ2n) is 6.27. The number of nitrogens with zero attached hydrogens (tertiary/aromatic N) is 1. The molecule has 0 spiro atoms. The van der Waals surface area contributed by atoms with Crippen molar-refractivity contribution in [2.75, 3.05) is 5.32 Å². The first-order chi connectivity index (χ1) is 14.3. The lowest BCUT2D eigenvalue weighted by atomic mass is 10.1. The number of carbonyl (C=O) groups excluding carboxylic acids is 1. The van der Waals surface area contributed by atoms with Crippen LogP contribution >= 0.6 is 0 Å². The summed E-state index contributed by atoms with van der Waals surface area (Å²) in [6.07, 6.45) is -4.65. The van der Waals surface area contributed by atoms with Crippen molar-refractivity contribution < 1.29 is 27.1 Å². The normalized spacial score (nSPS) is 10.9. The van der Waals surface area contributed by atoms with Crippen LogP contribution in [0.1, 0.15) is 27.0 Å². The summed E-state index contributed by atoms with van der Waals surface area (Å²) in [6, 6.07) is 15.8. The molecule has 3 aromatic rings. The predicted octanol–water partition coefficient (Wildman–Crippen LogP) is 5.55. The van der Waals surface area contributed by atoms with E-state index < -0.39 is 23.5 Å². The molecule has 152 valence electrons. The van der Waals surface area contributed by atoms with Gasteiger partial charge in [-0.15, -0.1) is 0 Å². The molecule has 1 N–H and O–H groups in total. The number of amides is 1. The summed E-state index contributed by atoms with van der Waals surface area (Å²) >= 11 is 0. The second kappa shape index (κ2) is 8.66. The summed E-state index contributed by atoms with van der Waals surface area (Å²) in [6.45, 7) is -0.0736. The molecular weight excluding hydrogens is 400 g/mol. The van der Waals surface area contributed by atoms with Crippen molar-refractivity contribution in [3.63, 3.8) is 0 Å². The molecule has 0 aliphatic rings. The summed E-state index contributed by atoms with van der Waals surface area (Å²) in [5, 5.41) is 11.4. The third-order valence-electron chi connectivity index (χ3n) is 4.11. The molecule has 8 heteroatoms. The molecule has 3 rings (SSSR count). The van der Waals surface area contributed by atoms with Gasteiger partial charge in [0.05, 0.1) is 22.8 Å². The van der Waals surface area contributed by atoms with Crippen molar-refractivity contribution in [1.29, 1.82) is 5.26 Å². The highest BCUT2D eigenvalue weighted by molar-refractivity contribution is 6.06. The first kappa shape index (κ1) is 20.9. The molecule has 0 heterocycles. The van der Waals surface area contributed by atoms with Crippen LogP contribution in [0.4, 0.5) is 23.2 Å². The van der Waals surface area contributed by atoms with Crippen LogP contribution in [0, 0.1) is 17.1 Å². The molecule has 0 aliphatic heterocycles. The highest BCUT2D eigenvalue weighted by Gasteiger charge is 2.32. The number of hydrogen-bond donors (Lipinski definition) is 1. The highest BCUT2D eigenvalue weighted by atomic mass is 19.4. The Labute approximate surface area is 169 Å². The lowest BCUT2D eigenvalue weighted by molar-refractivity contribution is -0.137. The van der Waals surface area contributed by atoms with E-state index in [-0.39, 0.29) is 29.2 Å². The molecule has 0 saturated carbocycles. The van der Waals surface area contributed by atoms with E-state index in [2.05, 4.69) is 5.32 Å². The Morgan fingerprint density at radius 3 is 2.43 bits per heavy atom. The maximum absolute atomic E-state index is 13.1. The molecule has 30 heavy (non-hydrogen) atoms. The van der Waals surface area contributed by atoms with E-state index in [1.165, 1.54) is 48.5 Å². The van der Waals surface area contributed by atoms with Crippen LogP contribution in [0.3, 0.4) is 0 Å². The summed E-state index contributed by atoms with van der Waals surface area (Å²) < 4.78 is 57.9. The molecule has 0 unspecified atom stereocenters. The lowest BCUT2D eigenvalue weighted by Gasteiger charge is -2.15. The second-order valence-corrected chi connectivity index (χ2v) is 6.27. The molecule has 0 aliphatic carbocycles. The van der Waals surface area contributed by atoms with Crippen LogP contribution in [0.5, 0.6) is 5.75 Å². The maximum Gasteiger partial charge on any atom is 0.416 e. The highest BCUT2D eigenvalue weighted by Crippen LogP contribution is 2.33. The molecule has 1 amide bonds. The number of nitrogens with one attached hydrogen (secondary N) is 1. The van der Waals surface area contributed by atoms with Crippen molar-refractivity contribution in [3.05, 3.63) is 94.8 Å². The minimum absolute atomic E-state index is 0.0683. The van der Waals surface area contributed by atoms with Crippen LogP contribution in [-0.2, 0) is 12.8 Å². The van der Waals surface area contributed by atoms with Gasteiger partial charge >= 0.3 is 6.18 Å². The topological polar surface area (TPSA) is 62.1 Å². The van der Waals surface area contributed by atoms with Crippen LogP contribution in [-0.4, -0.2) is 5.91 Å². The Morgan fingerprint density at radius 1 is 1.03 bits per heavy atom. The monoisotopic (exact) mass is 414 g/mol. The van der Waals surface area contributed by atoms with Gasteiger partial charge in [0.15, 0.2) is 0 Å². The molecule has 0 aromatic heterocycles. The fraction of sp³-hybridized carbons (Fsp3) is 0.0909. The van der Waals surface area contributed by atoms with Gasteiger partial charge < -0.3 is 10.1 Å². The Balaban J connectivity index is 1.89. The predicted molar refractivity (Wildman–Crippen MR) is 101 cm³/mol. The maximum atomic E-state index is 13.1. The van der Waals surface area contributed by atoms with Gasteiger partial charge in [0, 0.05) is 5.69 Å². The van der Waals surface area contributed by atoms with Crippen LogP contribution in [0.2, 0.25) is 0 Å². The van der Waals surface area contributed by atoms with Crippen molar-refractivity contribution in [2.45, 2.75) is 12.8 Å². The van der Waals surface area contributed by atoms with Gasteiger partial charge in [-0.2, -0.15) is 18.4 Å². The van der Waals surface area contributed by atoms with Gasteiger partial charge in [-0.25, -0.2) is 4.39 Å². The van der Waals surface area contributed by atoms with Crippen LogP contribution in [0.15, 0.2) is 66.7 Å². The fourth-order valence-corrected chi connectivity index (χ4v) is 2.62. The van der Waals surface area contributed by atoms with E-state index >= 15 is 0 Å². The molecule has 4 nitrogen and oxygen atoms in total. The van der Waals surface area contributed by atoms with Gasteiger partial charge in [-0.1, -0.05) is 18.2 Å². The third-order valence-corrected chi connectivity index (χ3v) is 4.11. The van der Waals surface area contributed by atoms with Gasteiger partial charge in [0.25, 0.3) is 5.91 Å². The van der Waals surface area contributed by atoms with Gasteiger partial charge in [0.2, 0.25) is 0 Å². The Bertz CT molecular complexity index is 1100. The van der Waals surface area contributed by atoms with Crippen molar-refractivity contribution in [2.24, 2.45) is 0 Å². The fourth-order valence-electron chi connectivity index (χ4n) is 2.62. The number of ether oxygens (including phenoxy) is 1. The Morgan fingerprint density at radius 2 is 1.77 bits per heavy atom. The number of halogens is 4. The minimum Gasteiger partial charge on any atom is -0.488 e. The SMILES string of the molecule is N#Cc1cccc(NC(=O)c2cc(C(F)(F)F)ccc2OCc2ccc(F)cc2)c1. The van der Waals surface area contributed by atoms with Crippen molar-refractivity contribution in [1.82, 2.24) is 0 Å². The summed E-state index contributed by atoms with van der Waals surface area (Å²) in [7, 11) is 0. The van der Waals surface area contributed by atoms with Gasteiger partial charge in [0.1, 0.15) is 18.2 Å². The zero-order chi connectivity index (χ0) is 21.7. The minimum atomic E-state index is -4.65. The van der Waals surface area contributed by atoms with E-state index in [0.29, 0.717) is 11.6 Å². The number of carbonyl (C=O) groups is 1. The van der Waals surface area contributed by atoms with Crippen molar-refractivity contribution >= 4 is 11.6 Å². The van der Waals surface area contributed by atoms with Crippen LogP contribution < -0.4 is 10.1 Å². The average molecular weight is 414 g/mol. The number of alkyl halides is 3. The Hall–Kier alpha value is -3.86. The Kier molecular flexibility index (Phi) is 6.02. The standard InChI is InChI=1S/C22H14F4N2O2/c23-17-7-4-14(5-8-17)13-30-20-9-6-16(22(24,25)26)11-19(20)21(29)28-18-3-1-2-15(10-18)12-27/h1-11H,13H2,(H,28,29). The summed E-state index contributed by atoms with van der Waals surface area (Å²) in [4.78, 5) is 12.7. The number of benzene rings is 3. The molecular formula is C22H14F4N2O2. The smallest absolute Gasteiger partial charge is 0.416 e. The van der Waals surface area contributed by atoms with E-state index in [1.807, 2.05) is 6.07 Å². The van der Waals surface area contributed by atoms with E-state index in [4.69, 9.17) is 10.00 Å². The zero-order valence-electron chi connectivity index (χ0n) is 15.3. The molecule has 0 radical (unpaired) electrons. The number of nitriles is 1. The molecule has 0 bridgehead atoms. The number of anilines is 1. The molecule has 3 aromatic carbocycles. The van der Waals surface area contributed by atoms with Crippen LogP contribution in [0.25, 0.3) is 0 Å². The summed E-state index contributed by atoms with van der Waals surface area (Å²) in [5.74, 6) is -1.33. The molecule has 0 atom stereocenters. The largest absolute Gasteiger partial charge is 0.488 e. The van der Waals surface area contributed by atoms with Gasteiger partial charge in [-0.3, -0.25) is 4.79 Å². The number of rotatable bonds is 5.